The molecule has 0 unspecified atom stereocenters. The van der Waals surface area contributed by atoms with E-state index >= 15 is 0 Å². The Balaban J connectivity index is 0.00000529. The number of aryl methyl sites for hydroxylation is 1. The summed E-state index contributed by atoms with van der Waals surface area (Å²) in [7, 11) is 1.44. The van der Waals surface area contributed by atoms with Gasteiger partial charge < -0.3 is 9.47 Å². The molecule has 0 saturated heterocycles. The number of rotatable bonds is 12. The fraction of sp³-hybridized carbons (Fsp3) is 0.467. The molecule has 0 aliphatic rings. The summed E-state index contributed by atoms with van der Waals surface area (Å²) in [5.74, 6) is -0.975. The lowest BCUT2D eigenvalue weighted by Crippen LogP contribution is -2.53. The van der Waals surface area contributed by atoms with Crippen molar-refractivity contribution in [3.05, 3.63) is 68.4 Å². The summed E-state index contributed by atoms with van der Waals surface area (Å²) < 4.78 is 28.5. The Hall–Kier alpha value is -3.80. The van der Waals surface area contributed by atoms with Crippen molar-refractivity contribution in [1.29, 1.82) is 5.26 Å². The lowest BCUT2D eigenvalue weighted by Gasteiger charge is -2.28. The van der Waals surface area contributed by atoms with Gasteiger partial charge in [0, 0.05) is 17.5 Å². The van der Waals surface area contributed by atoms with Gasteiger partial charge in [-0.25, -0.2) is 13.8 Å². The lowest BCUT2D eigenvalue weighted by atomic mass is 9.91. The van der Waals surface area contributed by atoms with Crippen molar-refractivity contribution in [2.45, 2.75) is 66.2 Å². The van der Waals surface area contributed by atoms with Crippen molar-refractivity contribution in [2.24, 2.45) is 11.8 Å². The zero-order valence-electron chi connectivity index (χ0n) is 25.8. The number of nitrogens with zero attached hydrogens (tertiary/aromatic N) is 6. The van der Waals surface area contributed by atoms with Gasteiger partial charge in [0.05, 0.1) is 50.0 Å². The molecular formula is C30H37FN6O5S2. The normalized spacial score (nSPS) is 13.0. The molecule has 236 valence electrons. The maximum Gasteiger partial charge on any atom is 0.333 e. The van der Waals surface area contributed by atoms with E-state index in [1.165, 1.54) is 47.1 Å². The molecular weight excluding hydrogens is 607 g/mol. The van der Waals surface area contributed by atoms with Crippen molar-refractivity contribution in [3.63, 3.8) is 0 Å². The maximum absolute atomic E-state index is 14.5. The van der Waals surface area contributed by atoms with Crippen molar-refractivity contribution in [1.82, 2.24) is 24.1 Å². The van der Waals surface area contributed by atoms with Crippen LogP contribution >= 0.6 is 24.8 Å². The van der Waals surface area contributed by atoms with Gasteiger partial charge in [0.2, 0.25) is 0 Å². The third-order valence-electron chi connectivity index (χ3n) is 7.28. The van der Waals surface area contributed by atoms with Gasteiger partial charge in [-0.1, -0.05) is 25.2 Å². The van der Waals surface area contributed by atoms with E-state index in [0.717, 1.165) is 15.9 Å². The molecule has 0 radical (unpaired) electrons. The summed E-state index contributed by atoms with van der Waals surface area (Å²) in [5.41, 5.74) is -1.95. The van der Waals surface area contributed by atoms with Crippen LogP contribution in [-0.2, 0) is 21.6 Å². The summed E-state index contributed by atoms with van der Waals surface area (Å²) in [4.78, 5) is 43.6. The molecule has 1 aromatic carbocycles. The van der Waals surface area contributed by atoms with Crippen LogP contribution in [0.1, 0.15) is 58.3 Å². The van der Waals surface area contributed by atoms with Crippen LogP contribution in [0.2, 0.25) is 0 Å². The molecule has 4 rings (SSSR count). The number of fused-ring (bicyclic) bond motifs is 1. The highest BCUT2D eigenvalue weighted by molar-refractivity contribution is 7.59. The second-order valence-corrected chi connectivity index (χ2v) is 12.4. The molecule has 0 amide bonds. The van der Waals surface area contributed by atoms with E-state index in [1.54, 1.807) is 27.7 Å². The number of hydrogen-bond acceptors (Lipinski definition) is 9. The monoisotopic (exact) mass is 644 g/mol. The number of aromatic nitrogens is 5. The van der Waals surface area contributed by atoms with Gasteiger partial charge in [-0.3, -0.25) is 14.2 Å². The standard InChI is InChI=1S/C30H35FN6O5S.H2S/c1-17(2)12-24(38)30(5,6)36-26(39)25-19(4)27(37-33-10-11-34-37)43-28(25)35(29(36)40)15-23(42-16-18(3)14-32)21-13-20(31)8-9-22(21)41-7;/h8-11,13,17-18,23H,12,15-16H2,1-7H3;1H2/t18-,23-;/m0./s1. The minimum Gasteiger partial charge on any atom is -0.496 e. The van der Waals surface area contributed by atoms with Crippen LogP contribution in [0.15, 0.2) is 40.2 Å². The zero-order chi connectivity index (χ0) is 31.6. The van der Waals surface area contributed by atoms with Gasteiger partial charge >= 0.3 is 5.69 Å². The minimum atomic E-state index is -1.48. The predicted octanol–water partition coefficient (Wildman–Crippen LogP) is 4.64. The van der Waals surface area contributed by atoms with Crippen LogP contribution in [0.5, 0.6) is 5.75 Å². The van der Waals surface area contributed by atoms with Gasteiger partial charge in [0.15, 0.2) is 5.78 Å². The van der Waals surface area contributed by atoms with Crippen LogP contribution in [0.3, 0.4) is 0 Å². The average molecular weight is 645 g/mol. The van der Waals surface area contributed by atoms with Crippen molar-refractivity contribution < 1.29 is 18.7 Å². The first-order valence-electron chi connectivity index (χ1n) is 13.9. The number of benzene rings is 1. The first-order chi connectivity index (χ1) is 20.3. The molecule has 0 saturated carbocycles. The molecule has 0 bridgehead atoms. The van der Waals surface area contributed by atoms with E-state index in [0.29, 0.717) is 26.7 Å². The number of Topliss-reactive ketones (excluding diaryl/α,β-unsaturated/α-hetero) is 1. The zero-order valence-corrected chi connectivity index (χ0v) is 27.6. The topological polar surface area (TPSA) is 134 Å². The fourth-order valence-corrected chi connectivity index (χ4v) is 6.13. The summed E-state index contributed by atoms with van der Waals surface area (Å²) in [6.07, 6.45) is 2.20. The molecule has 0 fully saturated rings. The van der Waals surface area contributed by atoms with Gasteiger partial charge in [0.1, 0.15) is 33.0 Å². The molecule has 0 spiro atoms. The average Bonchev–Trinajstić information content (AvgIpc) is 3.60. The minimum absolute atomic E-state index is 0. The Labute approximate surface area is 265 Å². The number of ether oxygens (including phenoxy) is 2. The fourth-order valence-electron chi connectivity index (χ4n) is 4.91. The van der Waals surface area contributed by atoms with Crippen LogP contribution in [0.25, 0.3) is 15.2 Å². The number of carbonyl (C=O) groups is 1. The first kappa shape index (κ1) is 34.7. The highest BCUT2D eigenvalue weighted by Crippen LogP contribution is 2.34. The van der Waals surface area contributed by atoms with Gasteiger partial charge in [-0.05, 0) is 51.8 Å². The number of hydrogen-bond donors (Lipinski definition) is 0. The Morgan fingerprint density at radius 1 is 1.18 bits per heavy atom. The van der Waals surface area contributed by atoms with Crippen LogP contribution in [0.4, 0.5) is 4.39 Å². The Morgan fingerprint density at radius 3 is 2.43 bits per heavy atom. The van der Waals surface area contributed by atoms with Crippen molar-refractivity contribution in [2.75, 3.05) is 13.7 Å². The van der Waals surface area contributed by atoms with Crippen LogP contribution < -0.4 is 16.0 Å². The molecule has 4 aromatic rings. The molecule has 3 aromatic heterocycles. The third-order valence-corrected chi connectivity index (χ3v) is 8.56. The molecule has 11 nitrogen and oxygen atoms in total. The SMILES string of the molecule is COc1ccc(F)cc1[C@H](Cn1c(=O)n(C(C)(C)C(=O)CC(C)C)c(=O)c2c(C)c(-n3nccn3)sc21)OC[C@@H](C)C#N.S. The second kappa shape index (κ2) is 13.9. The number of ketones is 1. The number of methoxy groups -OCH3 is 1. The highest BCUT2D eigenvalue weighted by atomic mass is 32.1. The van der Waals surface area contributed by atoms with Gasteiger partial charge in [-0.2, -0.15) is 29.0 Å². The number of carbonyl (C=O) groups excluding carboxylic acids is 1. The molecule has 0 N–H and O–H groups in total. The third kappa shape index (κ3) is 6.64. The molecule has 3 heterocycles. The summed E-state index contributed by atoms with van der Waals surface area (Å²) >= 11 is 1.14. The largest absolute Gasteiger partial charge is 0.496 e. The number of thiophene rings is 1. The maximum atomic E-state index is 14.5. The summed E-state index contributed by atoms with van der Waals surface area (Å²) in [6.45, 7) is 10.1. The molecule has 44 heavy (non-hydrogen) atoms. The highest BCUT2D eigenvalue weighted by Gasteiger charge is 2.36. The molecule has 2 atom stereocenters. The number of nitriles is 1. The van der Waals surface area contributed by atoms with Crippen molar-refractivity contribution >= 4 is 40.8 Å². The second-order valence-electron chi connectivity index (χ2n) is 11.4. The molecule has 14 heteroatoms. The Kier molecular flexibility index (Phi) is 10.9. The lowest BCUT2D eigenvalue weighted by molar-refractivity contribution is -0.127. The van der Waals surface area contributed by atoms with Crippen LogP contribution in [0, 0.1) is 35.9 Å². The Morgan fingerprint density at radius 2 is 1.84 bits per heavy atom. The predicted molar refractivity (Wildman–Crippen MR) is 171 cm³/mol. The van der Waals surface area contributed by atoms with Crippen molar-refractivity contribution in [3.8, 4) is 16.8 Å². The summed E-state index contributed by atoms with van der Waals surface area (Å²) in [5, 5.41) is 18.6. The smallest absolute Gasteiger partial charge is 0.333 e. The van der Waals surface area contributed by atoms with E-state index in [4.69, 9.17) is 9.47 Å². The van der Waals surface area contributed by atoms with E-state index in [1.807, 2.05) is 13.8 Å². The molecule has 0 aliphatic carbocycles. The summed E-state index contributed by atoms with van der Waals surface area (Å²) in [6, 6.07) is 6.07. The first-order valence-corrected chi connectivity index (χ1v) is 14.7. The Bertz CT molecular complexity index is 1800. The number of halogens is 1. The van der Waals surface area contributed by atoms with Crippen LogP contribution in [-0.4, -0.2) is 43.6 Å². The quantitative estimate of drug-likeness (QED) is 0.218. The van der Waals surface area contributed by atoms with E-state index in [-0.39, 0.29) is 50.2 Å². The molecule has 0 aliphatic heterocycles. The van der Waals surface area contributed by atoms with Gasteiger partial charge in [-0.15, -0.1) is 4.80 Å². The van der Waals surface area contributed by atoms with Gasteiger partial charge in [0.25, 0.3) is 5.56 Å². The van der Waals surface area contributed by atoms with E-state index in [9.17, 15) is 24.0 Å². The van der Waals surface area contributed by atoms with E-state index in [2.05, 4.69) is 16.3 Å². The van der Waals surface area contributed by atoms with E-state index < -0.39 is 34.6 Å².